The van der Waals surface area contributed by atoms with Gasteiger partial charge in [0.15, 0.2) is 5.82 Å². The van der Waals surface area contributed by atoms with Gasteiger partial charge in [-0.05, 0) is 28.4 Å². The largest absolute Gasteiger partial charge is 0.354 e. The summed E-state index contributed by atoms with van der Waals surface area (Å²) in [6, 6.07) is 2.06. The van der Waals surface area contributed by atoms with Crippen LogP contribution in [0.1, 0.15) is 13.3 Å². The van der Waals surface area contributed by atoms with Gasteiger partial charge in [0, 0.05) is 12.6 Å². The maximum atomic E-state index is 13.7. The lowest BCUT2D eigenvalue weighted by Gasteiger charge is -2.11. The standard InChI is InChI=1S/C13H12BrClF2N4/c1-2-3-18-13-19-6-8(15)12(21-13)20-11-4-7(14)9(16)5-10(11)17/h4-6H,2-3H2,1H3,(H2,18,19,20,21). The summed E-state index contributed by atoms with van der Waals surface area (Å²) in [5.41, 5.74) is 0.0605. The van der Waals surface area contributed by atoms with E-state index in [1.54, 1.807) is 0 Å². The van der Waals surface area contributed by atoms with Crippen molar-refractivity contribution in [3.8, 4) is 0 Å². The van der Waals surface area contributed by atoms with Gasteiger partial charge in [-0.15, -0.1) is 0 Å². The Hall–Kier alpha value is -1.47. The van der Waals surface area contributed by atoms with Crippen LogP contribution in [0.5, 0.6) is 0 Å². The number of halogens is 4. The molecule has 0 amide bonds. The minimum absolute atomic E-state index is 0.0605. The fourth-order valence-corrected chi connectivity index (χ4v) is 2.00. The molecule has 0 aliphatic rings. The average molecular weight is 378 g/mol. The van der Waals surface area contributed by atoms with Crippen molar-refractivity contribution < 1.29 is 8.78 Å². The van der Waals surface area contributed by atoms with Crippen LogP contribution < -0.4 is 10.6 Å². The summed E-state index contributed by atoms with van der Waals surface area (Å²) in [5.74, 6) is -0.807. The van der Waals surface area contributed by atoms with Crippen molar-refractivity contribution in [2.45, 2.75) is 13.3 Å². The lowest BCUT2D eigenvalue weighted by atomic mass is 10.3. The first-order valence-electron chi connectivity index (χ1n) is 6.19. The second kappa shape index (κ2) is 7.00. The quantitative estimate of drug-likeness (QED) is 0.739. The molecule has 21 heavy (non-hydrogen) atoms. The summed E-state index contributed by atoms with van der Waals surface area (Å²) in [7, 11) is 0. The van der Waals surface area contributed by atoms with Crippen LogP contribution in [0.3, 0.4) is 0 Å². The third kappa shape index (κ3) is 4.01. The molecule has 0 bridgehead atoms. The number of nitrogens with zero attached hydrogens (tertiary/aromatic N) is 2. The van der Waals surface area contributed by atoms with Crippen molar-refractivity contribution >= 4 is 45.0 Å². The predicted molar refractivity (Wildman–Crippen MR) is 83.2 cm³/mol. The number of benzene rings is 1. The average Bonchev–Trinajstić information content (AvgIpc) is 2.45. The Labute approximate surface area is 134 Å². The van der Waals surface area contributed by atoms with E-state index >= 15 is 0 Å². The SMILES string of the molecule is CCCNc1ncc(Cl)c(Nc2cc(Br)c(F)cc2F)n1. The first kappa shape index (κ1) is 15.9. The van der Waals surface area contributed by atoms with Gasteiger partial charge in [-0.1, -0.05) is 18.5 Å². The minimum Gasteiger partial charge on any atom is -0.354 e. The van der Waals surface area contributed by atoms with Crippen LogP contribution in [0.4, 0.5) is 26.2 Å². The van der Waals surface area contributed by atoms with E-state index in [9.17, 15) is 8.78 Å². The van der Waals surface area contributed by atoms with Crippen LogP contribution in [0, 0.1) is 11.6 Å². The summed E-state index contributed by atoms with van der Waals surface area (Å²) >= 11 is 8.98. The van der Waals surface area contributed by atoms with Gasteiger partial charge in [-0.2, -0.15) is 4.98 Å². The molecule has 4 nitrogen and oxygen atoms in total. The van der Waals surface area contributed by atoms with Crippen molar-refractivity contribution in [2.75, 3.05) is 17.2 Å². The van der Waals surface area contributed by atoms with E-state index in [-0.39, 0.29) is 21.0 Å². The molecule has 0 unspecified atom stereocenters. The first-order chi connectivity index (χ1) is 10.0. The second-order valence-corrected chi connectivity index (χ2v) is 5.45. The summed E-state index contributed by atoms with van der Waals surface area (Å²) in [4.78, 5) is 8.17. The molecule has 2 rings (SSSR count). The molecule has 0 radical (unpaired) electrons. The van der Waals surface area contributed by atoms with Gasteiger partial charge in [0.25, 0.3) is 0 Å². The Morgan fingerprint density at radius 1 is 1.29 bits per heavy atom. The maximum absolute atomic E-state index is 13.7. The van der Waals surface area contributed by atoms with Gasteiger partial charge in [0.1, 0.15) is 16.7 Å². The highest BCUT2D eigenvalue weighted by Gasteiger charge is 2.11. The van der Waals surface area contributed by atoms with Gasteiger partial charge in [-0.25, -0.2) is 13.8 Å². The molecule has 0 fully saturated rings. The summed E-state index contributed by atoms with van der Waals surface area (Å²) in [6.45, 7) is 2.71. The Morgan fingerprint density at radius 2 is 2.05 bits per heavy atom. The maximum Gasteiger partial charge on any atom is 0.224 e. The van der Waals surface area contributed by atoms with Gasteiger partial charge < -0.3 is 10.6 Å². The van der Waals surface area contributed by atoms with Gasteiger partial charge >= 0.3 is 0 Å². The van der Waals surface area contributed by atoms with Crippen molar-refractivity contribution in [1.82, 2.24) is 9.97 Å². The van der Waals surface area contributed by atoms with Gasteiger partial charge in [0.05, 0.1) is 16.4 Å². The third-order valence-corrected chi connectivity index (χ3v) is 3.42. The molecule has 1 aromatic heterocycles. The molecule has 0 aliphatic heterocycles. The molecular formula is C13H12BrClF2N4. The highest BCUT2D eigenvalue weighted by atomic mass is 79.9. The molecule has 8 heteroatoms. The molecule has 1 heterocycles. The number of aromatic nitrogens is 2. The highest BCUT2D eigenvalue weighted by Crippen LogP contribution is 2.28. The molecule has 2 N–H and O–H groups in total. The Balaban J connectivity index is 2.28. The number of nitrogens with one attached hydrogen (secondary N) is 2. The predicted octanol–water partition coefficient (Wildman–Crippen LogP) is 4.74. The van der Waals surface area contributed by atoms with Crippen molar-refractivity contribution in [3.05, 3.63) is 39.5 Å². The van der Waals surface area contributed by atoms with Crippen molar-refractivity contribution in [1.29, 1.82) is 0 Å². The topological polar surface area (TPSA) is 49.8 Å². The first-order valence-corrected chi connectivity index (χ1v) is 7.36. The molecule has 0 spiro atoms. The van der Waals surface area contributed by atoms with Crippen LogP contribution in [0.2, 0.25) is 5.02 Å². The Kier molecular flexibility index (Phi) is 5.30. The summed E-state index contributed by atoms with van der Waals surface area (Å²) in [6.07, 6.45) is 2.32. The van der Waals surface area contributed by atoms with Crippen LogP contribution in [-0.2, 0) is 0 Å². The third-order valence-electron chi connectivity index (χ3n) is 2.54. The fourth-order valence-electron chi connectivity index (χ4n) is 1.52. The van der Waals surface area contributed by atoms with E-state index in [2.05, 4.69) is 36.5 Å². The van der Waals surface area contributed by atoms with E-state index in [0.29, 0.717) is 12.5 Å². The molecular weight excluding hydrogens is 366 g/mol. The molecule has 0 aliphatic carbocycles. The summed E-state index contributed by atoms with van der Waals surface area (Å²) < 4.78 is 27.1. The van der Waals surface area contributed by atoms with Gasteiger partial charge in [-0.3, -0.25) is 0 Å². The van der Waals surface area contributed by atoms with E-state index in [4.69, 9.17) is 11.6 Å². The molecule has 0 saturated carbocycles. The van der Waals surface area contributed by atoms with Crippen molar-refractivity contribution in [3.63, 3.8) is 0 Å². The normalized spacial score (nSPS) is 10.5. The van der Waals surface area contributed by atoms with E-state index in [1.165, 1.54) is 12.3 Å². The van der Waals surface area contributed by atoms with Crippen molar-refractivity contribution in [2.24, 2.45) is 0 Å². The van der Waals surface area contributed by atoms with E-state index in [0.717, 1.165) is 12.5 Å². The molecule has 2 aromatic rings. The molecule has 0 saturated heterocycles. The molecule has 112 valence electrons. The van der Waals surface area contributed by atoms with E-state index in [1.807, 2.05) is 6.92 Å². The lowest BCUT2D eigenvalue weighted by Crippen LogP contribution is -2.06. The van der Waals surface area contributed by atoms with Crippen LogP contribution in [-0.4, -0.2) is 16.5 Å². The van der Waals surface area contributed by atoms with E-state index < -0.39 is 11.6 Å². The zero-order valence-electron chi connectivity index (χ0n) is 11.1. The zero-order valence-corrected chi connectivity index (χ0v) is 13.4. The van der Waals surface area contributed by atoms with Crippen LogP contribution >= 0.6 is 27.5 Å². The molecule has 0 atom stereocenters. The number of rotatable bonds is 5. The zero-order chi connectivity index (χ0) is 15.4. The number of hydrogen-bond donors (Lipinski definition) is 2. The van der Waals surface area contributed by atoms with Crippen LogP contribution in [0.15, 0.2) is 22.8 Å². The summed E-state index contributed by atoms with van der Waals surface area (Å²) in [5, 5.41) is 5.96. The lowest BCUT2D eigenvalue weighted by molar-refractivity contribution is 0.581. The number of hydrogen-bond acceptors (Lipinski definition) is 4. The van der Waals surface area contributed by atoms with Gasteiger partial charge in [0.2, 0.25) is 5.95 Å². The highest BCUT2D eigenvalue weighted by molar-refractivity contribution is 9.10. The second-order valence-electron chi connectivity index (χ2n) is 4.19. The smallest absolute Gasteiger partial charge is 0.224 e. The monoisotopic (exact) mass is 376 g/mol. The Morgan fingerprint density at radius 3 is 2.76 bits per heavy atom. The Bertz CT molecular complexity index is 654. The number of anilines is 3. The molecule has 1 aromatic carbocycles. The minimum atomic E-state index is -0.742. The fraction of sp³-hybridized carbons (Fsp3) is 0.231. The van der Waals surface area contributed by atoms with Crippen LogP contribution in [0.25, 0.3) is 0 Å².